The highest BCUT2D eigenvalue weighted by atomic mass is 79.9. The molecule has 0 saturated carbocycles. The number of hydrogen-bond acceptors (Lipinski definition) is 4. The van der Waals surface area contributed by atoms with E-state index in [9.17, 15) is 9.59 Å². The molecule has 0 unspecified atom stereocenters. The van der Waals surface area contributed by atoms with Gasteiger partial charge in [-0.2, -0.15) is 4.57 Å². The number of thiazole rings is 1. The molecule has 0 radical (unpaired) electrons. The summed E-state index contributed by atoms with van der Waals surface area (Å²) in [6, 6.07) is 12.9. The molecule has 5 nitrogen and oxygen atoms in total. The van der Waals surface area contributed by atoms with E-state index in [2.05, 4.69) is 35.4 Å². The summed E-state index contributed by atoms with van der Waals surface area (Å²) in [7, 11) is 0. The fourth-order valence-corrected chi connectivity index (χ4v) is 5.17. The van der Waals surface area contributed by atoms with Gasteiger partial charge >= 0.3 is 0 Å². The van der Waals surface area contributed by atoms with Gasteiger partial charge in [-0.25, -0.2) is 0 Å². The second-order valence-corrected chi connectivity index (χ2v) is 11.2. The van der Waals surface area contributed by atoms with Crippen LogP contribution in [0.25, 0.3) is 0 Å². The maximum absolute atomic E-state index is 12.9. The minimum atomic E-state index is -0.202. The van der Waals surface area contributed by atoms with Crippen LogP contribution in [-0.2, 0) is 6.54 Å². The van der Waals surface area contributed by atoms with E-state index in [0.29, 0.717) is 35.7 Å². The van der Waals surface area contributed by atoms with E-state index in [1.807, 2.05) is 18.2 Å². The predicted molar refractivity (Wildman–Crippen MR) is 157 cm³/mol. The highest BCUT2D eigenvalue weighted by molar-refractivity contribution is 7.09. The van der Waals surface area contributed by atoms with Gasteiger partial charge in [-0.05, 0) is 50.6 Å². The van der Waals surface area contributed by atoms with Crippen molar-refractivity contribution in [2.75, 3.05) is 11.9 Å². The molecule has 3 aromatic rings. The Morgan fingerprint density at radius 3 is 2.26 bits per heavy atom. The van der Waals surface area contributed by atoms with Crippen LogP contribution in [0.15, 0.2) is 54.2 Å². The Labute approximate surface area is 248 Å². The molecule has 1 heterocycles. The van der Waals surface area contributed by atoms with E-state index in [1.165, 1.54) is 63.2 Å². The summed E-state index contributed by atoms with van der Waals surface area (Å²) in [5.41, 5.74) is 4.79. The van der Waals surface area contributed by atoms with Gasteiger partial charge < -0.3 is 27.0 Å². The molecule has 2 aromatic carbocycles. The highest BCUT2D eigenvalue weighted by Gasteiger charge is 2.14. The third-order valence-corrected chi connectivity index (χ3v) is 7.50. The Morgan fingerprint density at radius 2 is 1.62 bits per heavy atom. The van der Waals surface area contributed by atoms with Gasteiger partial charge in [-0.1, -0.05) is 88.2 Å². The molecular formula is C32H43BrN2O3S. The number of Topliss-reactive ketones (excluding diaryl/α,β-unsaturated/α-hetero) is 1. The molecule has 0 aliphatic rings. The smallest absolute Gasteiger partial charge is 0.255 e. The average Bonchev–Trinajstić information content (AvgIpc) is 3.32. The van der Waals surface area contributed by atoms with Gasteiger partial charge in [0, 0.05) is 16.8 Å². The Morgan fingerprint density at radius 1 is 0.923 bits per heavy atom. The van der Waals surface area contributed by atoms with Crippen LogP contribution in [0, 0.1) is 6.92 Å². The van der Waals surface area contributed by atoms with Crippen LogP contribution < -0.4 is 31.6 Å². The molecule has 3 rings (SSSR count). The number of rotatable bonds is 17. The van der Waals surface area contributed by atoms with Gasteiger partial charge in [0.15, 0.2) is 18.5 Å². The van der Waals surface area contributed by atoms with Crippen molar-refractivity contribution in [3.63, 3.8) is 0 Å². The number of carbonyl (C=O) groups excluding carboxylic acids is 2. The lowest BCUT2D eigenvalue weighted by Crippen LogP contribution is -3.00. The first kappa shape index (κ1) is 32.7. The Bertz CT molecular complexity index is 1180. The van der Waals surface area contributed by atoms with Crippen LogP contribution in [0.2, 0.25) is 0 Å². The third kappa shape index (κ3) is 11.6. The lowest BCUT2D eigenvalue weighted by Gasteiger charge is -2.13. The molecule has 0 spiro atoms. The van der Waals surface area contributed by atoms with Crippen molar-refractivity contribution in [3.05, 3.63) is 75.7 Å². The fraction of sp³-hybridized carbons (Fsp3) is 0.469. The lowest BCUT2D eigenvalue weighted by molar-refractivity contribution is -0.683. The zero-order chi connectivity index (χ0) is 27.2. The molecule has 1 N–H and O–H groups in total. The second kappa shape index (κ2) is 18.0. The second-order valence-electron chi connectivity index (χ2n) is 10.1. The van der Waals surface area contributed by atoms with Gasteiger partial charge in [-0.3, -0.25) is 9.59 Å². The molecule has 0 bridgehead atoms. The van der Waals surface area contributed by atoms with Gasteiger partial charge in [0.1, 0.15) is 5.75 Å². The number of nitrogens with zero attached hydrogens (tertiary/aromatic N) is 1. The highest BCUT2D eigenvalue weighted by Crippen LogP contribution is 2.24. The monoisotopic (exact) mass is 614 g/mol. The number of hydrogen-bond donors (Lipinski definition) is 1. The molecule has 0 aliphatic carbocycles. The van der Waals surface area contributed by atoms with Crippen molar-refractivity contribution in [3.8, 4) is 5.75 Å². The van der Waals surface area contributed by atoms with E-state index < -0.39 is 0 Å². The quantitative estimate of drug-likeness (QED) is 0.130. The number of benzene rings is 2. The van der Waals surface area contributed by atoms with E-state index in [-0.39, 0.29) is 28.7 Å². The van der Waals surface area contributed by atoms with Crippen LogP contribution in [0.1, 0.15) is 109 Å². The molecule has 212 valence electrons. The van der Waals surface area contributed by atoms with Crippen molar-refractivity contribution in [2.24, 2.45) is 0 Å². The van der Waals surface area contributed by atoms with Gasteiger partial charge in [0.05, 0.1) is 17.0 Å². The summed E-state index contributed by atoms with van der Waals surface area (Å²) in [4.78, 5) is 26.5. The van der Waals surface area contributed by atoms with Crippen molar-refractivity contribution >= 4 is 28.7 Å². The summed E-state index contributed by atoms with van der Waals surface area (Å²) in [5.74, 6) is 0.299. The number of amides is 1. The van der Waals surface area contributed by atoms with E-state index >= 15 is 0 Å². The minimum Gasteiger partial charge on any atom is -1.00 e. The Hall–Kier alpha value is -2.51. The minimum absolute atomic E-state index is 0. The first-order valence-corrected chi connectivity index (χ1v) is 15.0. The molecule has 0 saturated heterocycles. The van der Waals surface area contributed by atoms with Crippen molar-refractivity contribution < 1.29 is 35.9 Å². The topological polar surface area (TPSA) is 59.3 Å². The number of aromatic nitrogens is 1. The predicted octanol–water partition coefficient (Wildman–Crippen LogP) is 5.15. The van der Waals surface area contributed by atoms with Gasteiger partial charge in [0.2, 0.25) is 5.51 Å². The van der Waals surface area contributed by atoms with E-state index in [0.717, 1.165) is 18.4 Å². The van der Waals surface area contributed by atoms with Gasteiger partial charge in [-0.15, -0.1) is 0 Å². The Balaban J connectivity index is 0.00000533. The van der Waals surface area contributed by atoms with Crippen molar-refractivity contribution in [2.45, 2.75) is 91.5 Å². The normalized spacial score (nSPS) is 10.6. The fourth-order valence-electron chi connectivity index (χ4n) is 4.53. The van der Waals surface area contributed by atoms with E-state index in [1.54, 1.807) is 35.6 Å². The molecule has 0 atom stereocenters. The van der Waals surface area contributed by atoms with Crippen molar-refractivity contribution in [1.82, 2.24) is 0 Å². The Kier molecular flexibility index (Phi) is 15.1. The SMILES string of the molecule is CCCCCCCCCCCCOc1ccc(NC(=O)c2cccc(C[n+]3csc(C)c3)c2)cc1C(C)=O.[Br-]. The molecule has 0 aliphatic heterocycles. The van der Waals surface area contributed by atoms with Crippen LogP contribution in [0.4, 0.5) is 5.69 Å². The maximum Gasteiger partial charge on any atom is 0.255 e. The molecule has 7 heteroatoms. The summed E-state index contributed by atoms with van der Waals surface area (Å²) in [5, 5.41) is 2.94. The number of aryl methyl sites for hydroxylation is 1. The van der Waals surface area contributed by atoms with Crippen LogP contribution >= 0.6 is 11.3 Å². The average molecular weight is 616 g/mol. The molecule has 1 aromatic heterocycles. The van der Waals surface area contributed by atoms with E-state index in [4.69, 9.17) is 4.74 Å². The first-order chi connectivity index (χ1) is 18.5. The maximum atomic E-state index is 12.9. The summed E-state index contributed by atoms with van der Waals surface area (Å²) >= 11 is 1.70. The van der Waals surface area contributed by atoms with Crippen LogP contribution in [-0.4, -0.2) is 18.3 Å². The van der Waals surface area contributed by atoms with Crippen LogP contribution in [0.5, 0.6) is 5.75 Å². The van der Waals surface area contributed by atoms with Crippen molar-refractivity contribution in [1.29, 1.82) is 0 Å². The number of unbranched alkanes of at least 4 members (excludes halogenated alkanes) is 9. The third-order valence-electron chi connectivity index (χ3n) is 6.65. The molecule has 1 amide bonds. The standard InChI is InChI=1S/C32H42N2O3S.BrH/c1-4-5-6-7-8-9-10-11-12-13-19-37-31-18-17-29(21-30(31)26(3)35)33-32(36)28-16-14-15-27(20-28)23-34-22-25(2)38-24-34;/h14-18,20-22,24H,4-13,19,23H2,1-3H3;1H. The first-order valence-electron chi connectivity index (χ1n) is 14.1. The number of halogens is 1. The van der Waals surface area contributed by atoms with Gasteiger partial charge in [0.25, 0.3) is 5.91 Å². The summed E-state index contributed by atoms with van der Waals surface area (Å²) in [6.45, 7) is 7.17. The zero-order valence-electron chi connectivity index (χ0n) is 23.6. The lowest BCUT2D eigenvalue weighted by atomic mass is 10.1. The number of nitrogens with one attached hydrogen (secondary N) is 1. The number of ether oxygens (including phenoxy) is 1. The number of carbonyl (C=O) groups is 2. The molecular weight excluding hydrogens is 572 g/mol. The van der Waals surface area contributed by atoms with Crippen LogP contribution in [0.3, 0.4) is 0 Å². The molecule has 0 fully saturated rings. The zero-order valence-corrected chi connectivity index (χ0v) is 26.0. The number of ketones is 1. The number of anilines is 1. The molecule has 39 heavy (non-hydrogen) atoms. The largest absolute Gasteiger partial charge is 1.00 e. The summed E-state index contributed by atoms with van der Waals surface area (Å²) < 4.78 is 8.07. The summed E-state index contributed by atoms with van der Waals surface area (Å²) in [6.07, 6.45) is 14.8.